The topological polar surface area (TPSA) is 0 Å². The van der Waals surface area contributed by atoms with E-state index in [1.807, 2.05) is 0 Å². The van der Waals surface area contributed by atoms with Crippen LogP contribution < -0.4 is 0 Å². The molecule has 0 nitrogen and oxygen atoms in total. The zero-order valence-electron chi connectivity index (χ0n) is 15.1. The van der Waals surface area contributed by atoms with E-state index in [1.54, 1.807) is 0 Å². The molecule has 0 fully saturated rings. The molecule has 0 heterocycles. The molecule has 0 amide bonds. The van der Waals surface area contributed by atoms with Gasteiger partial charge in [-0.05, 0) is 0 Å². The summed E-state index contributed by atoms with van der Waals surface area (Å²) in [4.78, 5) is 0. The Balaban J connectivity index is -0.000000242. The van der Waals surface area contributed by atoms with Crippen LogP contribution in [0.25, 0.3) is 0 Å². The minimum absolute atomic E-state index is 0. The maximum atomic E-state index is 2.27. The van der Waals surface area contributed by atoms with E-state index >= 15 is 0 Å². The van der Waals surface area contributed by atoms with Crippen LogP contribution in [0.1, 0.15) is 27.8 Å². The van der Waals surface area contributed by atoms with Gasteiger partial charge < -0.3 is 0 Å². The van der Waals surface area contributed by atoms with E-state index in [9.17, 15) is 0 Å². The van der Waals surface area contributed by atoms with Crippen molar-refractivity contribution in [3.05, 3.63) is 27.8 Å². The maximum absolute atomic E-state index is 2.27. The molecule has 0 unspecified atom stereocenters. The first-order valence-corrected chi connectivity index (χ1v) is 12.8. The molecule has 0 aliphatic rings. The van der Waals surface area contributed by atoms with E-state index in [-0.39, 0.29) is 53.2 Å². The first-order valence-electron chi connectivity index (χ1n) is 6.75. The molecule has 0 saturated heterocycles. The molecule has 19 heavy (non-hydrogen) atoms. The van der Waals surface area contributed by atoms with Gasteiger partial charge in [0.25, 0.3) is 0 Å². The summed E-state index contributed by atoms with van der Waals surface area (Å²) < 4.78 is 0. The number of hydrogen-bond donors (Lipinski definition) is 0. The van der Waals surface area contributed by atoms with Gasteiger partial charge in [-0.25, -0.2) is 0 Å². The molecule has 0 saturated carbocycles. The Kier molecular flexibility index (Phi) is 16.7. The molecule has 0 bridgehead atoms. The Morgan fingerprint density at radius 3 is 0.842 bits per heavy atom. The molecular weight excluding hydrogens is 387 g/mol. The third kappa shape index (κ3) is 12.4. The maximum Gasteiger partial charge on any atom is 0.0379 e. The molecular formula is C16H33LaSi2-. The SMILES string of the molecule is C[Si](C)C.C[Si](C)C.Cc1c(C)c(C)[c-](C)c1C.[La]. The minimum atomic E-state index is 0. The van der Waals surface area contributed by atoms with Crippen molar-refractivity contribution in [3.8, 4) is 0 Å². The summed E-state index contributed by atoms with van der Waals surface area (Å²) in [7, 11) is 0.241. The van der Waals surface area contributed by atoms with E-state index in [1.165, 1.54) is 27.8 Å². The van der Waals surface area contributed by atoms with E-state index in [2.05, 4.69) is 73.9 Å². The quantitative estimate of drug-likeness (QED) is 0.374. The molecule has 0 aliphatic carbocycles. The van der Waals surface area contributed by atoms with E-state index < -0.39 is 0 Å². The van der Waals surface area contributed by atoms with Crippen molar-refractivity contribution in [2.24, 2.45) is 0 Å². The molecule has 0 aromatic heterocycles. The van der Waals surface area contributed by atoms with Gasteiger partial charge in [0.1, 0.15) is 0 Å². The van der Waals surface area contributed by atoms with Gasteiger partial charge in [-0.3, -0.25) is 0 Å². The van der Waals surface area contributed by atoms with Gasteiger partial charge in [-0.1, -0.05) is 73.9 Å². The summed E-state index contributed by atoms with van der Waals surface area (Å²) in [5, 5.41) is 0. The molecule has 3 heteroatoms. The monoisotopic (exact) mass is 420 g/mol. The Labute approximate surface area is 154 Å². The Hall–Kier alpha value is 0.979. The molecule has 109 valence electrons. The first kappa shape index (κ1) is 25.0. The third-order valence-corrected chi connectivity index (χ3v) is 2.81. The van der Waals surface area contributed by atoms with Crippen molar-refractivity contribution >= 4 is 17.6 Å². The van der Waals surface area contributed by atoms with E-state index in [4.69, 9.17) is 0 Å². The number of rotatable bonds is 0. The second kappa shape index (κ2) is 12.7. The van der Waals surface area contributed by atoms with Crippen molar-refractivity contribution in [1.82, 2.24) is 0 Å². The van der Waals surface area contributed by atoms with Crippen molar-refractivity contribution in [2.45, 2.75) is 73.9 Å². The van der Waals surface area contributed by atoms with Gasteiger partial charge in [0.05, 0.1) is 0 Å². The fourth-order valence-corrected chi connectivity index (χ4v) is 1.41. The van der Waals surface area contributed by atoms with Gasteiger partial charge in [-0.15, -0.1) is 0 Å². The molecule has 0 atom stereocenters. The average Bonchev–Trinajstić information content (AvgIpc) is 2.35. The number of hydrogen-bond acceptors (Lipinski definition) is 0. The predicted molar refractivity (Wildman–Crippen MR) is 92.4 cm³/mol. The normalized spacial score (nSPS) is 9.32. The van der Waals surface area contributed by atoms with Gasteiger partial charge in [0.2, 0.25) is 0 Å². The second-order valence-electron chi connectivity index (χ2n) is 6.12. The summed E-state index contributed by atoms with van der Waals surface area (Å²) in [6, 6.07) is 0. The Morgan fingerprint density at radius 2 is 0.789 bits per heavy atom. The summed E-state index contributed by atoms with van der Waals surface area (Å²) in [5.41, 5.74) is 7.34. The fourth-order valence-electron chi connectivity index (χ4n) is 1.41. The van der Waals surface area contributed by atoms with Gasteiger partial charge in [-0.2, -0.15) is 27.8 Å². The minimum Gasteiger partial charge on any atom is -0.196 e. The summed E-state index contributed by atoms with van der Waals surface area (Å²) in [6.45, 7) is 24.6. The van der Waals surface area contributed by atoms with Crippen LogP contribution in [0.3, 0.4) is 0 Å². The molecule has 1 aromatic carbocycles. The first-order chi connectivity index (χ1) is 8.02. The van der Waals surface area contributed by atoms with Crippen LogP contribution in [0.2, 0.25) is 39.3 Å². The standard InChI is InChI=1S/C10H15.2C3H9Si.La/c1-6-7(2)9(4)10(5)8(6)3;2*1-4(2)3;/h1-5H3;2*1-3H3;/q-1;;;. The van der Waals surface area contributed by atoms with Gasteiger partial charge >= 0.3 is 0 Å². The molecule has 1 aromatic rings. The largest absolute Gasteiger partial charge is 0.196 e. The zero-order chi connectivity index (χ0) is 15.0. The average molecular weight is 421 g/mol. The van der Waals surface area contributed by atoms with Crippen molar-refractivity contribution in [2.75, 3.05) is 0 Å². The third-order valence-electron chi connectivity index (χ3n) is 2.81. The van der Waals surface area contributed by atoms with Crippen LogP contribution >= 0.6 is 0 Å². The summed E-state index contributed by atoms with van der Waals surface area (Å²) >= 11 is 0. The molecule has 1 rings (SSSR count). The second-order valence-corrected chi connectivity index (χ2v) is 12.1. The smallest absolute Gasteiger partial charge is 0.0379 e. The van der Waals surface area contributed by atoms with Crippen LogP contribution in [0.4, 0.5) is 0 Å². The van der Waals surface area contributed by atoms with Crippen LogP contribution in [-0.4, -0.2) is 17.6 Å². The van der Waals surface area contributed by atoms with Crippen LogP contribution in [0.5, 0.6) is 0 Å². The van der Waals surface area contributed by atoms with Gasteiger partial charge in [0.15, 0.2) is 0 Å². The molecule has 3 radical (unpaired) electrons. The van der Waals surface area contributed by atoms with Crippen molar-refractivity contribution in [3.63, 3.8) is 0 Å². The fraction of sp³-hybridized carbons (Fsp3) is 0.688. The predicted octanol–water partition coefficient (Wildman–Crippen LogP) is 5.69. The summed E-state index contributed by atoms with van der Waals surface area (Å²) in [5.74, 6) is 0. The van der Waals surface area contributed by atoms with Crippen molar-refractivity contribution < 1.29 is 35.6 Å². The van der Waals surface area contributed by atoms with Crippen LogP contribution in [0, 0.1) is 70.2 Å². The Morgan fingerprint density at radius 1 is 0.632 bits per heavy atom. The van der Waals surface area contributed by atoms with Crippen LogP contribution in [-0.2, 0) is 0 Å². The molecule has 0 N–H and O–H groups in total. The van der Waals surface area contributed by atoms with Crippen molar-refractivity contribution in [1.29, 1.82) is 0 Å². The van der Waals surface area contributed by atoms with Crippen LogP contribution in [0.15, 0.2) is 0 Å². The molecule has 0 aliphatic heterocycles. The van der Waals surface area contributed by atoms with Gasteiger partial charge in [0, 0.05) is 53.2 Å². The Bertz CT molecular complexity index is 247. The zero-order valence-corrected chi connectivity index (χ0v) is 20.7. The molecule has 0 spiro atoms. The summed E-state index contributed by atoms with van der Waals surface area (Å²) in [6.07, 6.45) is 0. The van der Waals surface area contributed by atoms with E-state index in [0.717, 1.165) is 0 Å². The van der Waals surface area contributed by atoms with E-state index in [0.29, 0.717) is 0 Å².